The molecule has 0 aliphatic heterocycles. The minimum atomic E-state index is -4.02. The Bertz CT molecular complexity index is 742. The smallest absolute Gasteiger partial charge is 0.337 e. The lowest BCUT2D eigenvalue weighted by molar-refractivity contribution is 0.0697. The first-order valence-electron chi connectivity index (χ1n) is 5.62. The highest BCUT2D eigenvalue weighted by atomic mass is 32.2. The fraction of sp³-hybridized carbons (Fsp3) is 0.300. The van der Waals surface area contributed by atoms with Gasteiger partial charge in [-0.05, 0) is 25.2 Å². The van der Waals surface area contributed by atoms with E-state index in [4.69, 9.17) is 10.2 Å². The molecule has 21 heavy (non-hydrogen) atoms. The molecule has 118 valence electrons. The maximum atomic E-state index is 11.2. The van der Waals surface area contributed by atoms with Crippen molar-refractivity contribution in [2.45, 2.75) is 4.90 Å². The maximum Gasteiger partial charge on any atom is 0.337 e. The third-order valence-electron chi connectivity index (χ3n) is 2.55. The number of rotatable bonds is 7. The molecule has 5 N–H and O–H groups in total. The molecule has 0 saturated carbocycles. The number of sulfonamides is 2. The molecule has 0 atom stereocenters. The number of primary sulfonamides is 1. The third-order valence-corrected chi connectivity index (χ3v) is 4.82. The van der Waals surface area contributed by atoms with E-state index >= 15 is 0 Å². The van der Waals surface area contributed by atoms with Crippen LogP contribution in [-0.2, 0) is 20.0 Å². The fourth-order valence-electron chi connectivity index (χ4n) is 1.45. The second kappa shape index (κ2) is 6.39. The van der Waals surface area contributed by atoms with Crippen LogP contribution in [0.1, 0.15) is 10.4 Å². The summed E-state index contributed by atoms with van der Waals surface area (Å²) in [5, 5.41) is 16.6. The van der Waals surface area contributed by atoms with Crippen molar-refractivity contribution in [1.82, 2.24) is 4.72 Å². The van der Waals surface area contributed by atoms with Gasteiger partial charge in [0.05, 0.1) is 16.2 Å². The van der Waals surface area contributed by atoms with E-state index in [9.17, 15) is 21.6 Å². The van der Waals surface area contributed by atoms with E-state index in [1.54, 1.807) is 0 Å². The predicted molar refractivity (Wildman–Crippen MR) is 76.1 cm³/mol. The summed E-state index contributed by atoms with van der Waals surface area (Å²) in [6, 6.07) is 3.26. The van der Waals surface area contributed by atoms with Crippen LogP contribution in [0.5, 0.6) is 0 Å². The predicted octanol–water partition coefficient (Wildman–Crippen LogP) is -1.01. The molecule has 1 rings (SSSR count). The molecule has 0 bridgehead atoms. The van der Waals surface area contributed by atoms with Crippen molar-refractivity contribution < 1.29 is 26.7 Å². The molecule has 0 fully saturated rings. The molecule has 0 saturated heterocycles. The van der Waals surface area contributed by atoms with Crippen LogP contribution in [0.4, 0.5) is 5.69 Å². The van der Waals surface area contributed by atoms with Crippen LogP contribution in [0, 0.1) is 0 Å². The molecule has 0 aromatic heterocycles. The summed E-state index contributed by atoms with van der Waals surface area (Å²) in [6.45, 7) is -0.0435. The molecule has 9 nitrogen and oxygen atoms in total. The van der Waals surface area contributed by atoms with E-state index in [1.807, 2.05) is 0 Å². The average molecular weight is 337 g/mol. The number of nitrogens with one attached hydrogen (secondary N) is 2. The Labute approximate surface area is 122 Å². The van der Waals surface area contributed by atoms with E-state index in [0.717, 1.165) is 12.1 Å². The number of carboxylic acids is 1. The number of anilines is 1. The lowest BCUT2D eigenvalue weighted by atomic mass is 10.2. The summed E-state index contributed by atoms with van der Waals surface area (Å²) < 4.78 is 46.9. The summed E-state index contributed by atoms with van der Waals surface area (Å²) in [5.74, 6) is -1.63. The number of carboxylic acid groups (broad SMARTS) is 1. The summed E-state index contributed by atoms with van der Waals surface area (Å²) in [6.07, 6.45) is 0. The molecule has 0 spiro atoms. The zero-order chi connectivity index (χ0) is 16.3. The van der Waals surface area contributed by atoms with Crippen molar-refractivity contribution in [2.24, 2.45) is 5.14 Å². The number of carbonyl (C=O) groups is 1. The third kappa shape index (κ3) is 4.97. The van der Waals surface area contributed by atoms with Gasteiger partial charge in [-0.15, -0.1) is 0 Å². The van der Waals surface area contributed by atoms with Gasteiger partial charge >= 0.3 is 5.97 Å². The molecule has 1 aromatic carbocycles. The Balaban J connectivity index is 3.01. The van der Waals surface area contributed by atoms with Gasteiger partial charge in [0.25, 0.3) is 0 Å². The first-order valence-corrected chi connectivity index (χ1v) is 8.82. The largest absolute Gasteiger partial charge is 0.478 e. The lowest BCUT2D eigenvalue weighted by Crippen LogP contribution is -2.26. The molecule has 0 aliphatic carbocycles. The molecule has 0 unspecified atom stereocenters. The number of hydrogen-bond donors (Lipinski definition) is 4. The van der Waals surface area contributed by atoms with Gasteiger partial charge in [-0.3, -0.25) is 0 Å². The molecule has 0 radical (unpaired) electrons. The SMILES string of the molecule is CNS(=O)(=O)CCNc1ccc(S(N)(=O)=O)cc1C(=O)O. The Morgan fingerprint density at radius 2 is 1.90 bits per heavy atom. The number of benzene rings is 1. The zero-order valence-corrected chi connectivity index (χ0v) is 12.7. The van der Waals surface area contributed by atoms with Crippen molar-refractivity contribution in [3.63, 3.8) is 0 Å². The Morgan fingerprint density at radius 1 is 1.29 bits per heavy atom. The second-order valence-corrected chi connectivity index (χ2v) is 7.61. The van der Waals surface area contributed by atoms with E-state index < -0.39 is 26.0 Å². The van der Waals surface area contributed by atoms with Crippen LogP contribution in [0.25, 0.3) is 0 Å². The Morgan fingerprint density at radius 3 is 2.38 bits per heavy atom. The minimum absolute atomic E-state index is 0.0435. The molecule has 0 amide bonds. The maximum absolute atomic E-state index is 11.2. The van der Waals surface area contributed by atoms with E-state index in [2.05, 4.69) is 10.0 Å². The van der Waals surface area contributed by atoms with Crippen LogP contribution in [-0.4, -0.2) is 47.3 Å². The van der Waals surface area contributed by atoms with Crippen molar-refractivity contribution >= 4 is 31.7 Å². The van der Waals surface area contributed by atoms with Gasteiger partial charge in [0.2, 0.25) is 20.0 Å². The summed E-state index contributed by atoms with van der Waals surface area (Å²) in [5.41, 5.74) is -0.218. The van der Waals surface area contributed by atoms with E-state index in [1.165, 1.54) is 13.1 Å². The molecule has 11 heteroatoms. The van der Waals surface area contributed by atoms with Crippen molar-refractivity contribution in [3.8, 4) is 0 Å². The quantitative estimate of drug-likeness (QED) is 0.497. The average Bonchev–Trinajstić information content (AvgIpc) is 2.37. The molecular formula is C10H15N3O6S2. The standard InChI is InChI=1S/C10H15N3O6S2/c1-12-20(16,17)5-4-13-9-3-2-7(21(11,18)19)6-8(9)10(14)15/h2-3,6,12-13H,4-5H2,1H3,(H,14,15)(H2,11,18,19). The fourth-order valence-corrected chi connectivity index (χ4v) is 2.57. The molecule has 0 aliphatic rings. The number of hydrogen-bond acceptors (Lipinski definition) is 6. The van der Waals surface area contributed by atoms with Gasteiger partial charge in [0.15, 0.2) is 0 Å². The summed E-state index contributed by atoms with van der Waals surface area (Å²) in [4.78, 5) is 10.8. The van der Waals surface area contributed by atoms with Crippen LogP contribution in [0.2, 0.25) is 0 Å². The summed E-state index contributed by atoms with van der Waals surface area (Å²) >= 11 is 0. The number of aromatic carboxylic acids is 1. The van der Waals surface area contributed by atoms with Gasteiger partial charge in [-0.1, -0.05) is 0 Å². The van der Waals surface area contributed by atoms with Crippen LogP contribution in [0.3, 0.4) is 0 Å². The first kappa shape index (κ1) is 17.4. The zero-order valence-electron chi connectivity index (χ0n) is 11.0. The normalized spacial score (nSPS) is 12.1. The van der Waals surface area contributed by atoms with Gasteiger partial charge < -0.3 is 10.4 Å². The highest BCUT2D eigenvalue weighted by Crippen LogP contribution is 2.19. The molecule has 1 aromatic rings. The monoisotopic (exact) mass is 337 g/mol. The van der Waals surface area contributed by atoms with Crippen molar-refractivity contribution in [3.05, 3.63) is 23.8 Å². The van der Waals surface area contributed by atoms with Gasteiger partial charge in [0, 0.05) is 12.2 Å². The Kier molecular flexibility index (Phi) is 5.28. The van der Waals surface area contributed by atoms with Gasteiger partial charge in [-0.25, -0.2) is 31.5 Å². The second-order valence-electron chi connectivity index (χ2n) is 4.01. The van der Waals surface area contributed by atoms with Crippen LogP contribution in [0.15, 0.2) is 23.1 Å². The topological polar surface area (TPSA) is 156 Å². The van der Waals surface area contributed by atoms with Crippen molar-refractivity contribution in [1.29, 1.82) is 0 Å². The first-order chi connectivity index (χ1) is 9.57. The van der Waals surface area contributed by atoms with Gasteiger partial charge in [0.1, 0.15) is 0 Å². The number of nitrogens with two attached hydrogens (primary N) is 1. The highest BCUT2D eigenvalue weighted by molar-refractivity contribution is 7.89. The van der Waals surface area contributed by atoms with E-state index in [0.29, 0.717) is 0 Å². The van der Waals surface area contributed by atoms with E-state index in [-0.39, 0.29) is 28.4 Å². The van der Waals surface area contributed by atoms with Crippen molar-refractivity contribution in [2.75, 3.05) is 24.7 Å². The van der Waals surface area contributed by atoms with Gasteiger partial charge in [-0.2, -0.15) is 0 Å². The summed E-state index contributed by atoms with van der Waals surface area (Å²) in [7, 11) is -6.19. The Hall–Kier alpha value is -1.69. The lowest BCUT2D eigenvalue weighted by Gasteiger charge is -2.11. The molecule has 0 heterocycles. The minimum Gasteiger partial charge on any atom is -0.478 e. The molecular weight excluding hydrogens is 322 g/mol. The van der Waals surface area contributed by atoms with Crippen LogP contribution >= 0.6 is 0 Å². The highest BCUT2D eigenvalue weighted by Gasteiger charge is 2.16. The van der Waals surface area contributed by atoms with Crippen LogP contribution < -0.4 is 15.2 Å².